The summed E-state index contributed by atoms with van der Waals surface area (Å²) in [5.74, 6) is 2.41. The molecular formula is C20H35IN4O2. The average molecular weight is 490 g/mol. The van der Waals surface area contributed by atoms with Gasteiger partial charge in [-0.15, -0.1) is 24.0 Å². The highest BCUT2D eigenvalue weighted by molar-refractivity contribution is 14.0. The lowest BCUT2D eigenvalue weighted by atomic mass is 9.94. The van der Waals surface area contributed by atoms with E-state index in [9.17, 15) is 0 Å². The fraction of sp³-hybridized carbons (Fsp3) is 0.650. The van der Waals surface area contributed by atoms with E-state index in [4.69, 9.17) is 9.47 Å². The van der Waals surface area contributed by atoms with Crippen molar-refractivity contribution in [3.8, 4) is 11.5 Å². The van der Waals surface area contributed by atoms with Crippen molar-refractivity contribution in [1.82, 2.24) is 15.5 Å². The van der Waals surface area contributed by atoms with Gasteiger partial charge < -0.3 is 25.0 Å². The molecule has 0 aliphatic heterocycles. The molecule has 1 aliphatic rings. The van der Waals surface area contributed by atoms with E-state index >= 15 is 0 Å². The summed E-state index contributed by atoms with van der Waals surface area (Å²) in [6, 6.07) is 6.58. The van der Waals surface area contributed by atoms with Crippen LogP contribution in [0.1, 0.15) is 37.7 Å². The zero-order valence-electron chi connectivity index (χ0n) is 17.1. The minimum absolute atomic E-state index is 0. The summed E-state index contributed by atoms with van der Waals surface area (Å²) in [7, 11) is 7.36. The first-order valence-corrected chi connectivity index (χ1v) is 9.53. The third kappa shape index (κ3) is 7.73. The Morgan fingerprint density at radius 2 is 1.89 bits per heavy atom. The van der Waals surface area contributed by atoms with E-state index in [1.165, 1.54) is 32.1 Å². The van der Waals surface area contributed by atoms with Crippen molar-refractivity contribution < 1.29 is 9.47 Å². The molecule has 1 aliphatic carbocycles. The highest BCUT2D eigenvalue weighted by Crippen LogP contribution is 2.24. The van der Waals surface area contributed by atoms with E-state index in [0.717, 1.165) is 42.2 Å². The molecule has 0 amide bonds. The van der Waals surface area contributed by atoms with Gasteiger partial charge in [0.15, 0.2) is 5.96 Å². The third-order valence-electron chi connectivity index (χ3n) is 5.12. The van der Waals surface area contributed by atoms with Gasteiger partial charge in [-0.05, 0) is 32.0 Å². The van der Waals surface area contributed by atoms with Crippen LogP contribution in [0.5, 0.6) is 11.5 Å². The second kappa shape index (κ2) is 13.0. The van der Waals surface area contributed by atoms with Crippen molar-refractivity contribution in [2.24, 2.45) is 4.99 Å². The minimum Gasteiger partial charge on any atom is -0.497 e. The van der Waals surface area contributed by atoms with E-state index in [1.54, 1.807) is 21.3 Å². The van der Waals surface area contributed by atoms with E-state index in [-0.39, 0.29) is 24.0 Å². The van der Waals surface area contributed by atoms with Gasteiger partial charge in [0.05, 0.1) is 14.2 Å². The van der Waals surface area contributed by atoms with Gasteiger partial charge in [-0.3, -0.25) is 4.99 Å². The second-order valence-corrected chi connectivity index (χ2v) is 6.80. The number of guanidine groups is 1. The summed E-state index contributed by atoms with van der Waals surface area (Å²) in [6.07, 6.45) is 6.81. The molecule has 1 aromatic rings. The van der Waals surface area contributed by atoms with Crippen LogP contribution in [-0.2, 0) is 6.54 Å². The number of methoxy groups -OCH3 is 2. The monoisotopic (exact) mass is 490 g/mol. The molecule has 0 saturated heterocycles. The number of likely N-dealkylation sites (N-methyl/N-ethyl adjacent to an activating group) is 1. The molecule has 0 radical (unpaired) electrons. The lowest BCUT2D eigenvalue weighted by molar-refractivity contribution is 0.194. The van der Waals surface area contributed by atoms with Crippen LogP contribution in [0.3, 0.4) is 0 Å². The quantitative estimate of drug-likeness (QED) is 0.333. The predicted octanol–water partition coefficient (Wildman–Crippen LogP) is 3.25. The lowest BCUT2D eigenvalue weighted by Gasteiger charge is -2.31. The van der Waals surface area contributed by atoms with Crippen molar-refractivity contribution in [2.45, 2.75) is 44.7 Å². The number of hydrogen-bond donors (Lipinski definition) is 2. The van der Waals surface area contributed by atoms with Gasteiger partial charge in [0, 0.05) is 44.4 Å². The standard InChI is InChI=1S/C20H34N4O2.HI/c1-21-20(22-12-13-24(2)17-8-6-5-7-9-17)23-15-16-10-11-18(25-3)14-19(16)26-4;/h10-11,14,17H,5-9,12-13,15H2,1-4H3,(H2,21,22,23);1H. The van der Waals surface area contributed by atoms with Crippen molar-refractivity contribution in [2.75, 3.05) is 41.4 Å². The number of benzene rings is 1. The van der Waals surface area contributed by atoms with Crippen LogP contribution in [-0.4, -0.2) is 58.3 Å². The second-order valence-electron chi connectivity index (χ2n) is 6.80. The minimum atomic E-state index is 0. The summed E-state index contributed by atoms with van der Waals surface area (Å²) in [4.78, 5) is 6.79. The van der Waals surface area contributed by atoms with Crippen molar-refractivity contribution in [3.05, 3.63) is 23.8 Å². The maximum atomic E-state index is 5.45. The van der Waals surface area contributed by atoms with Gasteiger partial charge in [0.2, 0.25) is 0 Å². The molecule has 0 aromatic heterocycles. The average Bonchev–Trinajstić information content (AvgIpc) is 2.70. The van der Waals surface area contributed by atoms with Gasteiger partial charge >= 0.3 is 0 Å². The zero-order valence-corrected chi connectivity index (χ0v) is 19.4. The summed E-state index contributed by atoms with van der Waals surface area (Å²) >= 11 is 0. The van der Waals surface area contributed by atoms with Crippen LogP contribution >= 0.6 is 24.0 Å². The lowest BCUT2D eigenvalue weighted by Crippen LogP contribution is -2.43. The fourth-order valence-electron chi connectivity index (χ4n) is 3.45. The van der Waals surface area contributed by atoms with E-state index in [2.05, 4.69) is 27.6 Å². The molecule has 1 aromatic carbocycles. The first kappa shape index (κ1) is 23.8. The molecule has 0 atom stereocenters. The fourth-order valence-corrected chi connectivity index (χ4v) is 3.45. The largest absolute Gasteiger partial charge is 0.497 e. The molecule has 0 unspecified atom stereocenters. The Balaban J connectivity index is 0.00000364. The summed E-state index contributed by atoms with van der Waals surface area (Å²) in [6.45, 7) is 2.55. The molecule has 1 saturated carbocycles. The van der Waals surface area contributed by atoms with Gasteiger partial charge in [-0.25, -0.2) is 0 Å². The van der Waals surface area contributed by atoms with Crippen molar-refractivity contribution >= 4 is 29.9 Å². The Bertz CT molecular complexity index is 577. The Morgan fingerprint density at radius 3 is 2.52 bits per heavy atom. The van der Waals surface area contributed by atoms with Crippen LogP contribution < -0.4 is 20.1 Å². The zero-order chi connectivity index (χ0) is 18.8. The Morgan fingerprint density at radius 1 is 1.15 bits per heavy atom. The van der Waals surface area contributed by atoms with Gasteiger partial charge in [0.1, 0.15) is 11.5 Å². The van der Waals surface area contributed by atoms with Crippen LogP contribution in [0.15, 0.2) is 23.2 Å². The molecule has 0 spiro atoms. The topological polar surface area (TPSA) is 58.1 Å². The van der Waals surface area contributed by atoms with E-state index < -0.39 is 0 Å². The highest BCUT2D eigenvalue weighted by Gasteiger charge is 2.17. The van der Waals surface area contributed by atoms with Crippen LogP contribution in [0.25, 0.3) is 0 Å². The first-order valence-electron chi connectivity index (χ1n) is 9.53. The first-order chi connectivity index (χ1) is 12.7. The van der Waals surface area contributed by atoms with Crippen molar-refractivity contribution in [3.63, 3.8) is 0 Å². The van der Waals surface area contributed by atoms with Gasteiger partial charge in [-0.2, -0.15) is 0 Å². The van der Waals surface area contributed by atoms with Crippen LogP contribution in [0.2, 0.25) is 0 Å². The summed E-state index contributed by atoms with van der Waals surface area (Å²) in [5.41, 5.74) is 1.07. The van der Waals surface area contributed by atoms with Gasteiger partial charge in [-0.1, -0.05) is 19.3 Å². The van der Waals surface area contributed by atoms with Crippen LogP contribution in [0.4, 0.5) is 0 Å². The third-order valence-corrected chi connectivity index (χ3v) is 5.12. The number of rotatable bonds is 8. The number of ether oxygens (including phenoxy) is 2. The molecule has 6 nitrogen and oxygen atoms in total. The Labute approximate surface area is 181 Å². The maximum absolute atomic E-state index is 5.45. The van der Waals surface area contributed by atoms with Gasteiger partial charge in [0.25, 0.3) is 0 Å². The molecule has 0 heterocycles. The Kier molecular flexibility index (Phi) is 11.5. The molecule has 2 rings (SSSR count). The summed E-state index contributed by atoms with van der Waals surface area (Å²) in [5, 5.41) is 6.75. The number of nitrogens with zero attached hydrogens (tertiary/aromatic N) is 2. The number of aliphatic imine (C=N–C) groups is 1. The smallest absolute Gasteiger partial charge is 0.191 e. The number of nitrogens with one attached hydrogen (secondary N) is 2. The highest BCUT2D eigenvalue weighted by atomic mass is 127. The molecule has 2 N–H and O–H groups in total. The SMILES string of the molecule is CN=C(NCCN(C)C1CCCCC1)NCc1ccc(OC)cc1OC.I. The molecular weight excluding hydrogens is 455 g/mol. The molecule has 1 fully saturated rings. The Hall–Kier alpha value is -1.22. The summed E-state index contributed by atoms with van der Waals surface area (Å²) < 4.78 is 10.7. The predicted molar refractivity (Wildman–Crippen MR) is 123 cm³/mol. The molecule has 27 heavy (non-hydrogen) atoms. The number of halogens is 1. The van der Waals surface area contributed by atoms with E-state index in [1.807, 2.05) is 18.2 Å². The number of hydrogen-bond acceptors (Lipinski definition) is 4. The van der Waals surface area contributed by atoms with Crippen LogP contribution in [0, 0.1) is 0 Å². The maximum Gasteiger partial charge on any atom is 0.191 e. The normalized spacial score (nSPS) is 15.2. The molecule has 0 bridgehead atoms. The van der Waals surface area contributed by atoms with E-state index in [0.29, 0.717) is 6.54 Å². The van der Waals surface area contributed by atoms with Crippen molar-refractivity contribution in [1.29, 1.82) is 0 Å². The molecule has 7 heteroatoms. The molecule has 154 valence electrons.